The van der Waals surface area contributed by atoms with Gasteiger partial charge in [-0.05, 0) is 31.3 Å². The number of hydrogen-bond donors (Lipinski definition) is 3. The van der Waals surface area contributed by atoms with E-state index in [0.717, 1.165) is 22.8 Å². The molecule has 0 spiro atoms. The number of aldehydes is 1. The summed E-state index contributed by atoms with van der Waals surface area (Å²) in [4.78, 5) is 26.2. The van der Waals surface area contributed by atoms with Crippen LogP contribution in [0.1, 0.15) is 24.1 Å². The summed E-state index contributed by atoms with van der Waals surface area (Å²) in [5.74, 6) is 1.26. The second kappa shape index (κ2) is 11.4. The normalized spacial score (nSPS) is 12.5. The Kier molecular flexibility index (Phi) is 8.05. The third-order valence-electron chi connectivity index (χ3n) is 6.15. The van der Waals surface area contributed by atoms with E-state index < -0.39 is 6.04 Å². The molecule has 37 heavy (non-hydrogen) atoms. The fraction of sp³-hybridized carbons (Fsp3) is 0.214. The first-order valence-electron chi connectivity index (χ1n) is 11.7. The number of rotatable bonds is 6. The number of fused-ring (bicyclic) bond motifs is 2. The summed E-state index contributed by atoms with van der Waals surface area (Å²) in [6.45, 7) is 2.29. The second-order valence-corrected chi connectivity index (χ2v) is 8.90. The van der Waals surface area contributed by atoms with E-state index in [1.54, 1.807) is 24.3 Å². The van der Waals surface area contributed by atoms with Gasteiger partial charge in [-0.15, -0.1) is 12.6 Å². The molecular weight excluding hydrogens is 490 g/mol. The van der Waals surface area contributed by atoms with Crippen molar-refractivity contribution in [3.63, 3.8) is 0 Å². The lowest BCUT2D eigenvalue weighted by Crippen LogP contribution is -2.34. The molecule has 4 aromatic rings. The van der Waals surface area contributed by atoms with E-state index in [1.807, 2.05) is 61.1 Å². The quantitative estimate of drug-likeness (QED) is 0.255. The zero-order valence-corrected chi connectivity index (χ0v) is 21.7. The molecule has 1 amide bonds. The summed E-state index contributed by atoms with van der Waals surface area (Å²) in [5.41, 5.74) is 3.13. The SMILES string of the molecule is CC(=O)N(c1ccc2c(c1)OCO2)C(C=O)c1c(S)n(C)c2ccccc12.CNCc1ccccc1O. The number of amides is 1. The van der Waals surface area contributed by atoms with Crippen molar-refractivity contribution in [3.8, 4) is 17.2 Å². The number of phenols is 1. The average molecular weight is 520 g/mol. The van der Waals surface area contributed by atoms with Gasteiger partial charge in [-0.3, -0.25) is 9.69 Å². The highest BCUT2D eigenvalue weighted by molar-refractivity contribution is 7.80. The topological polar surface area (TPSA) is 93.0 Å². The zero-order chi connectivity index (χ0) is 26.5. The minimum Gasteiger partial charge on any atom is -0.508 e. The van der Waals surface area contributed by atoms with E-state index in [-0.39, 0.29) is 12.7 Å². The number of anilines is 1. The zero-order valence-electron chi connectivity index (χ0n) is 20.8. The van der Waals surface area contributed by atoms with Gasteiger partial charge in [0.15, 0.2) is 11.5 Å². The van der Waals surface area contributed by atoms with Gasteiger partial charge in [0, 0.05) is 54.3 Å². The number of carbonyl (C=O) groups is 2. The standard InChI is InChI=1S/C20H18N2O4S.C8H11NO/c1-12(24)22(13-7-8-17-18(9-13)26-11-25-17)16(10-23)19-14-5-3-4-6-15(14)21(2)20(19)27;1-9-6-7-4-2-3-5-8(7)10/h3-10,16,27H,11H2,1-2H3;2-5,9-10H,6H2,1H3. The number of aryl methyl sites for hydroxylation is 1. The van der Waals surface area contributed by atoms with Gasteiger partial charge in [-0.1, -0.05) is 36.4 Å². The van der Waals surface area contributed by atoms with Gasteiger partial charge >= 0.3 is 0 Å². The molecule has 2 N–H and O–H groups in total. The number of aromatic hydroxyl groups is 1. The molecule has 1 aliphatic heterocycles. The van der Waals surface area contributed by atoms with Gasteiger partial charge < -0.3 is 29.3 Å². The Morgan fingerprint density at radius 2 is 1.84 bits per heavy atom. The summed E-state index contributed by atoms with van der Waals surface area (Å²) in [5, 5.41) is 13.7. The van der Waals surface area contributed by atoms with Crippen LogP contribution < -0.4 is 19.7 Å². The van der Waals surface area contributed by atoms with Gasteiger partial charge in [0.05, 0.1) is 5.03 Å². The van der Waals surface area contributed by atoms with Crippen LogP contribution in [0.15, 0.2) is 71.8 Å². The molecule has 2 heterocycles. The summed E-state index contributed by atoms with van der Waals surface area (Å²) in [6.07, 6.45) is 0.771. The van der Waals surface area contributed by atoms with Crippen molar-refractivity contribution in [2.45, 2.75) is 24.5 Å². The van der Waals surface area contributed by atoms with E-state index >= 15 is 0 Å². The molecule has 5 rings (SSSR count). The van der Waals surface area contributed by atoms with Crippen LogP contribution in [0.5, 0.6) is 17.2 Å². The van der Waals surface area contributed by atoms with Crippen molar-refractivity contribution in [2.24, 2.45) is 7.05 Å². The van der Waals surface area contributed by atoms with Crippen LogP contribution in [0.3, 0.4) is 0 Å². The Balaban J connectivity index is 0.000000270. The lowest BCUT2D eigenvalue weighted by atomic mass is 10.0. The van der Waals surface area contributed by atoms with E-state index in [2.05, 4.69) is 17.9 Å². The van der Waals surface area contributed by atoms with E-state index in [4.69, 9.17) is 9.47 Å². The Morgan fingerprint density at radius 3 is 2.54 bits per heavy atom. The number of nitrogens with zero attached hydrogens (tertiary/aromatic N) is 2. The first-order valence-corrected chi connectivity index (χ1v) is 12.1. The molecule has 0 radical (unpaired) electrons. The lowest BCUT2D eigenvalue weighted by molar-refractivity contribution is -0.119. The number of para-hydroxylation sites is 2. The number of benzene rings is 3. The predicted molar refractivity (Wildman–Crippen MR) is 146 cm³/mol. The number of phenolic OH excluding ortho intramolecular Hbond substituents is 1. The van der Waals surface area contributed by atoms with Gasteiger partial charge in [0.25, 0.3) is 0 Å². The molecule has 0 aliphatic carbocycles. The number of thiol groups is 1. The van der Waals surface area contributed by atoms with Crippen molar-refractivity contribution in [2.75, 3.05) is 18.7 Å². The number of nitrogens with one attached hydrogen (secondary N) is 1. The smallest absolute Gasteiger partial charge is 0.231 e. The maximum atomic E-state index is 12.5. The Hall–Kier alpha value is -3.95. The van der Waals surface area contributed by atoms with Crippen LogP contribution in [0.25, 0.3) is 10.9 Å². The predicted octanol–water partition coefficient (Wildman–Crippen LogP) is 4.60. The number of carbonyl (C=O) groups excluding carboxylic acids is 2. The molecule has 8 nitrogen and oxygen atoms in total. The number of hydrogen-bond acceptors (Lipinski definition) is 7. The van der Waals surface area contributed by atoms with Crippen molar-refractivity contribution < 1.29 is 24.2 Å². The van der Waals surface area contributed by atoms with Crippen molar-refractivity contribution >= 4 is 41.4 Å². The molecule has 9 heteroatoms. The summed E-state index contributed by atoms with van der Waals surface area (Å²) >= 11 is 4.62. The maximum Gasteiger partial charge on any atom is 0.231 e. The first kappa shape index (κ1) is 26.1. The van der Waals surface area contributed by atoms with Crippen LogP contribution in [0.2, 0.25) is 0 Å². The third-order valence-corrected chi connectivity index (χ3v) is 6.69. The molecule has 1 aromatic heterocycles. The van der Waals surface area contributed by atoms with Crippen LogP contribution >= 0.6 is 12.6 Å². The summed E-state index contributed by atoms with van der Waals surface area (Å²) < 4.78 is 12.7. The maximum absolute atomic E-state index is 12.5. The highest BCUT2D eigenvalue weighted by Gasteiger charge is 2.30. The molecule has 1 unspecified atom stereocenters. The highest BCUT2D eigenvalue weighted by Crippen LogP contribution is 2.40. The summed E-state index contributed by atoms with van der Waals surface area (Å²) in [7, 11) is 3.74. The molecule has 1 aliphatic rings. The molecule has 0 saturated carbocycles. The molecular formula is C28H29N3O5S. The highest BCUT2D eigenvalue weighted by atomic mass is 32.1. The van der Waals surface area contributed by atoms with Crippen molar-refractivity contribution in [1.29, 1.82) is 0 Å². The number of ether oxygens (including phenoxy) is 2. The van der Waals surface area contributed by atoms with E-state index in [1.165, 1.54) is 11.8 Å². The fourth-order valence-electron chi connectivity index (χ4n) is 4.38. The van der Waals surface area contributed by atoms with E-state index in [9.17, 15) is 14.7 Å². The Labute approximate surface area is 220 Å². The minimum absolute atomic E-state index is 0.139. The Bertz CT molecular complexity index is 1430. The molecule has 0 bridgehead atoms. The van der Waals surface area contributed by atoms with Crippen LogP contribution in [0.4, 0.5) is 5.69 Å². The second-order valence-electron chi connectivity index (χ2n) is 8.48. The van der Waals surface area contributed by atoms with Crippen LogP contribution in [-0.4, -0.2) is 35.7 Å². The monoisotopic (exact) mass is 519 g/mol. The molecule has 0 saturated heterocycles. The summed E-state index contributed by atoms with van der Waals surface area (Å²) in [6, 6.07) is 19.4. The Morgan fingerprint density at radius 1 is 1.14 bits per heavy atom. The molecule has 3 aromatic carbocycles. The largest absolute Gasteiger partial charge is 0.508 e. The fourth-order valence-corrected chi connectivity index (χ4v) is 4.74. The van der Waals surface area contributed by atoms with E-state index in [0.29, 0.717) is 40.1 Å². The lowest BCUT2D eigenvalue weighted by Gasteiger charge is -2.28. The third kappa shape index (κ3) is 5.28. The average Bonchev–Trinajstić information content (AvgIpc) is 3.46. The van der Waals surface area contributed by atoms with Crippen molar-refractivity contribution in [3.05, 3.63) is 77.9 Å². The van der Waals surface area contributed by atoms with Gasteiger partial charge in [-0.2, -0.15) is 0 Å². The van der Waals surface area contributed by atoms with Gasteiger partial charge in [0.2, 0.25) is 12.7 Å². The first-order chi connectivity index (χ1) is 17.9. The van der Waals surface area contributed by atoms with Crippen LogP contribution in [-0.2, 0) is 23.2 Å². The molecule has 192 valence electrons. The molecule has 1 atom stereocenters. The molecule has 0 fully saturated rings. The van der Waals surface area contributed by atoms with Gasteiger partial charge in [-0.25, -0.2) is 0 Å². The minimum atomic E-state index is -0.818. The van der Waals surface area contributed by atoms with Crippen molar-refractivity contribution in [1.82, 2.24) is 9.88 Å². The number of aromatic nitrogens is 1. The van der Waals surface area contributed by atoms with Crippen LogP contribution in [0, 0.1) is 0 Å². The van der Waals surface area contributed by atoms with Gasteiger partial charge in [0.1, 0.15) is 18.1 Å².